The Morgan fingerprint density at radius 2 is 1.90 bits per heavy atom. The molecule has 0 aliphatic carbocycles. The highest BCUT2D eigenvalue weighted by atomic mass is 16.4. The van der Waals surface area contributed by atoms with Crippen LogP contribution in [-0.2, 0) is 16.6 Å². The normalized spacial score (nSPS) is 13.4. The van der Waals surface area contributed by atoms with Crippen LogP contribution in [0.25, 0.3) is 6.08 Å². The number of aryl methyl sites for hydroxylation is 2. The zero-order valence-corrected chi connectivity index (χ0v) is 13.4. The standard InChI is InChI=1S/C15H23N3O3/c1-9-11(10(2)18(6)17-9)7-8-12(19)16-13(14(20)21)15(3,4)5/h7-8,13H,1-6H3,(H,16,19)(H,20,21)/b8-7+. The quantitative estimate of drug-likeness (QED) is 0.827. The second-order valence-corrected chi connectivity index (χ2v) is 6.19. The number of carboxylic acids is 1. The Morgan fingerprint density at radius 1 is 1.33 bits per heavy atom. The van der Waals surface area contributed by atoms with Gasteiger partial charge < -0.3 is 10.4 Å². The molecule has 0 saturated heterocycles. The van der Waals surface area contributed by atoms with Crippen LogP contribution in [-0.4, -0.2) is 32.8 Å². The van der Waals surface area contributed by atoms with Gasteiger partial charge in [-0.15, -0.1) is 0 Å². The Hall–Kier alpha value is -2.11. The average Bonchev–Trinajstić information content (AvgIpc) is 2.56. The molecule has 0 bridgehead atoms. The molecule has 1 aromatic rings. The van der Waals surface area contributed by atoms with Crippen molar-refractivity contribution < 1.29 is 14.7 Å². The van der Waals surface area contributed by atoms with Gasteiger partial charge in [-0.1, -0.05) is 20.8 Å². The van der Waals surface area contributed by atoms with Crippen LogP contribution in [0, 0.1) is 19.3 Å². The molecule has 1 amide bonds. The maximum absolute atomic E-state index is 11.9. The number of hydrogen-bond donors (Lipinski definition) is 2. The van der Waals surface area contributed by atoms with Crippen molar-refractivity contribution in [1.29, 1.82) is 0 Å². The highest BCUT2D eigenvalue weighted by molar-refractivity contribution is 5.94. The third-order valence-electron chi connectivity index (χ3n) is 3.37. The highest BCUT2D eigenvalue weighted by Crippen LogP contribution is 2.19. The predicted molar refractivity (Wildman–Crippen MR) is 80.7 cm³/mol. The first kappa shape index (κ1) is 16.9. The number of rotatable bonds is 4. The van der Waals surface area contributed by atoms with Gasteiger partial charge in [0, 0.05) is 24.4 Å². The topological polar surface area (TPSA) is 84.2 Å². The minimum absolute atomic E-state index is 0.431. The Kier molecular flexibility index (Phi) is 4.93. The fraction of sp³-hybridized carbons (Fsp3) is 0.533. The van der Waals surface area contributed by atoms with Crippen molar-refractivity contribution >= 4 is 18.0 Å². The van der Waals surface area contributed by atoms with Gasteiger partial charge >= 0.3 is 5.97 Å². The summed E-state index contributed by atoms with van der Waals surface area (Å²) in [6, 6.07) is -0.939. The summed E-state index contributed by atoms with van der Waals surface area (Å²) in [5.74, 6) is -1.47. The number of carboxylic acid groups (broad SMARTS) is 1. The molecule has 0 aromatic carbocycles. The molecule has 1 aromatic heterocycles. The van der Waals surface area contributed by atoms with Crippen LogP contribution in [0.2, 0.25) is 0 Å². The zero-order valence-electron chi connectivity index (χ0n) is 13.4. The SMILES string of the molecule is Cc1nn(C)c(C)c1/C=C/C(=O)NC(C(=O)O)C(C)(C)C. The Morgan fingerprint density at radius 3 is 2.29 bits per heavy atom. The van der Waals surface area contributed by atoms with Gasteiger partial charge in [0.2, 0.25) is 5.91 Å². The van der Waals surface area contributed by atoms with E-state index in [-0.39, 0.29) is 0 Å². The maximum atomic E-state index is 11.9. The van der Waals surface area contributed by atoms with Crippen molar-refractivity contribution in [2.75, 3.05) is 0 Å². The lowest BCUT2D eigenvalue weighted by atomic mass is 9.87. The van der Waals surface area contributed by atoms with Gasteiger partial charge in [-0.3, -0.25) is 9.48 Å². The van der Waals surface area contributed by atoms with Gasteiger partial charge in [0.05, 0.1) is 5.69 Å². The van der Waals surface area contributed by atoms with Crippen molar-refractivity contribution in [1.82, 2.24) is 15.1 Å². The van der Waals surface area contributed by atoms with Gasteiger partial charge in [0.25, 0.3) is 0 Å². The van der Waals surface area contributed by atoms with Crippen molar-refractivity contribution in [3.05, 3.63) is 23.0 Å². The van der Waals surface area contributed by atoms with E-state index in [0.717, 1.165) is 17.0 Å². The van der Waals surface area contributed by atoms with E-state index in [9.17, 15) is 14.7 Å². The zero-order chi connectivity index (χ0) is 16.4. The fourth-order valence-electron chi connectivity index (χ4n) is 2.03. The molecule has 1 heterocycles. The average molecular weight is 293 g/mol. The number of carbonyl (C=O) groups excluding carboxylic acids is 1. The second-order valence-electron chi connectivity index (χ2n) is 6.19. The van der Waals surface area contributed by atoms with Crippen LogP contribution < -0.4 is 5.32 Å². The molecule has 21 heavy (non-hydrogen) atoms. The molecule has 0 aliphatic heterocycles. The van der Waals surface area contributed by atoms with Crippen molar-refractivity contribution in [2.24, 2.45) is 12.5 Å². The molecule has 0 aliphatic rings. The summed E-state index contributed by atoms with van der Waals surface area (Å²) in [5, 5.41) is 16.0. The Bertz CT molecular complexity index is 580. The first-order chi connectivity index (χ1) is 9.54. The van der Waals surface area contributed by atoms with E-state index >= 15 is 0 Å². The molecule has 1 rings (SSSR count). The molecule has 0 saturated carbocycles. The molecule has 6 heteroatoms. The number of aromatic nitrogens is 2. The molecule has 6 nitrogen and oxygen atoms in total. The smallest absolute Gasteiger partial charge is 0.326 e. The summed E-state index contributed by atoms with van der Waals surface area (Å²) in [4.78, 5) is 23.1. The number of carbonyl (C=O) groups is 2. The summed E-state index contributed by atoms with van der Waals surface area (Å²) in [7, 11) is 1.83. The van der Waals surface area contributed by atoms with E-state index in [1.54, 1.807) is 31.5 Å². The van der Waals surface area contributed by atoms with Gasteiger partial charge in [-0.25, -0.2) is 4.79 Å². The molecular formula is C15H23N3O3. The van der Waals surface area contributed by atoms with Crippen LogP contribution in [0.3, 0.4) is 0 Å². The molecule has 116 valence electrons. The largest absolute Gasteiger partial charge is 0.480 e. The van der Waals surface area contributed by atoms with E-state index in [2.05, 4.69) is 10.4 Å². The molecule has 2 N–H and O–H groups in total. The monoisotopic (exact) mass is 293 g/mol. The number of amides is 1. The van der Waals surface area contributed by atoms with Crippen molar-refractivity contribution in [3.63, 3.8) is 0 Å². The molecule has 0 radical (unpaired) electrons. The number of nitrogens with one attached hydrogen (secondary N) is 1. The predicted octanol–water partition coefficient (Wildman–Crippen LogP) is 1.67. The van der Waals surface area contributed by atoms with Crippen LogP contribution in [0.15, 0.2) is 6.08 Å². The van der Waals surface area contributed by atoms with Crippen molar-refractivity contribution in [2.45, 2.75) is 40.7 Å². The fourth-order valence-corrected chi connectivity index (χ4v) is 2.03. The van der Waals surface area contributed by atoms with Crippen LogP contribution in [0.1, 0.15) is 37.7 Å². The van der Waals surface area contributed by atoms with Crippen LogP contribution >= 0.6 is 0 Å². The maximum Gasteiger partial charge on any atom is 0.326 e. The summed E-state index contributed by atoms with van der Waals surface area (Å²) in [5.41, 5.74) is 2.08. The molecule has 1 atom stereocenters. The molecule has 0 spiro atoms. The Labute approximate surface area is 124 Å². The first-order valence-corrected chi connectivity index (χ1v) is 6.75. The van der Waals surface area contributed by atoms with Crippen LogP contribution in [0.4, 0.5) is 0 Å². The number of aliphatic carboxylic acids is 1. The van der Waals surface area contributed by atoms with E-state index < -0.39 is 23.3 Å². The first-order valence-electron chi connectivity index (χ1n) is 6.75. The van der Waals surface area contributed by atoms with E-state index in [0.29, 0.717) is 0 Å². The molecular weight excluding hydrogens is 270 g/mol. The van der Waals surface area contributed by atoms with E-state index in [1.807, 2.05) is 20.9 Å². The summed E-state index contributed by atoms with van der Waals surface area (Å²) in [6.07, 6.45) is 3.01. The van der Waals surface area contributed by atoms with Gasteiger partial charge in [-0.05, 0) is 25.3 Å². The van der Waals surface area contributed by atoms with Gasteiger partial charge in [0.15, 0.2) is 0 Å². The van der Waals surface area contributed by atoms with E-state index in [1.165, 1.54) is 6.08 Å². The minimum Gasteiger partial charge on any atom is -0.480 e. The third-order valence-corrected chi connectivity index (χ3v) is 3.37. The minimum atomic E-state index is -1.04. The number of hydrogen-bond acceptors (Lipinski definition) is 3. The van der Waals surface area contributed by atoms with Crippen molar-refractivity contribution in [3.8, 4) is 0 Å². The second kappa shape index (κ2) is 6.11. The summed E-state index contributed by atoms with van der Waals surface area (Å²) in [6.45, 7) is 9.08. The number of nitrogens with zero attached hydrogens (tertiary/aromatic N) is 2. The lowest BCUT2D eigenvalue weighted by molar-refractivity contribution is -0.144. The van der Waals surface area contributed by atoms with Crippen LogP contribution in [0.5, 0.6) is 0 Å². The third kappa shape index (κ3) is 4.18. The summed E-state index contributed by atoms with van der Waals surface area (Å²) < 4.78 is 1.74. The molecule has 0 fully saturated rings. The lowest BCUT2D eigenvalue weighted by Gasteiger charge is -2.27. The van der Waals surface area contributed by atoms with Gasteiger partial charge in [-0.2, -0.15) is 5.10 Å². The molecule has 1 unspecified atom stereocenters. The Balaban J connectivity index is 2.86. The highest BCUT2D eigenvalue weighted by Gasteiger charge is 2.32. The van der Waals surface area contributed by atoms with Gasteiger partial charge in [0.1, 0.15) is 6.04 Å². The lowest BCUT2D eigenvalue weighted by Crippen LogP contribution is -2.48. The summed E-state index contributed by atoms with van der Waals surface area (Å²) >= 11 is 0. The van der Waals surface area contributed by atoms with E-state index in [4.69, 9.17) is 0 Å².